The molecular formula is C24H36O5. The zero-order valence-corrected chi connectivity index (χ0v) is 18.3. The molecule has 0 aromatic carbocycles. The third kappa shape index (κ3) is 2.86. The molecule has 4 aliphatic carbocycles. The molecule has 0 aromatic rings. The van der Waals surface area contributed by atoms with Gasteiger partial charge in [0.15, 0.2) is 6.61 Å². The van der Waals surface area contributed by atoms with E-state index in [9.17, 15) is 19.5 Å². The Morgan fingerprint density at radius 2 is 1.86 bits per heavy atom. The number of esters is 1. The van der Waals surface area contributed by atoms with Gasteiger partial charge in [-0.2, -0.15) is 0 Å². The minimum absolute atomic E-state index is 0.141. The second kappa shape index (κ2) is 6.90. The van der Waals surface area contributed by atoms with Crippen LogP contribution in [0.3, 0.4) is 0 Å². The summed E-state index contributed by atoms with van der Waals surface area (Å²) >= 11 is 0. The van der Waals surface area contributed by atoms with Crippen molar-refractivity contribution in [1.82, 2.24) is 0 Å². The van der Waals surface area contributed by atoms with Crippen molar-refractivity contribution in [3.05, 3.63) is 0 Å². The fourth-order valence-electron chi connectivity index (χ4n) is 8.26. The van der Waals surface area contributed by atoms with Gasteiger partial charge in [-0.25, -0.2) is 0 Å². The molecule has 0 amide bonds. The highest BCUT2D eigenvalue weighted by molar-refractivity contribution is 5.91. The van der Waals surface area contributed by atoms with Gasteiger partial charge >= 0.3 is 5.97 Å². The molecule has 0 bridgehead atoms. The molecule has 0 heterocycles. The molecule has 4 aliphatic rings. The Morgan fingerprint density at radius 3 is 2.55 bits per heavy atom. The molecule has 29 heavy (non-hydrogen) atoms. The van der Waals surface area contributed by atoms with Gasteiger partial charge in [-0.3, -0.25) is 14.4 Å². The summed E-state index contributed by atoms with van der Waals surface area (Å²) in [6.45, 7) is 7.44. The number of rotatable bonds is 3. The molecule has 5 nitrogen and oxygen atoms in total. The lowest BCUT2D eigenvalue weighted by Crippen LogP contribution is -2.60. The van der Waals surface area contributed by atoms with E-state index in [0.717, 1.165) is 44.9 Å². The molecule has 4 fully saturated rings. The Bertz CT molecular complexity index is 731. The van der Waals surface area contributed by atoms with Crippen LogP contribution in [-0.4, -0.2) is 34.9 Å². The van der Waals surface area contributed by atoms with Gasteiger partial charge in [-0.05, 0) is 73.5 Å². The monoisotopic (exact) mass is 404 g/mol. The zero-order valence-electron chi connectivity index (χ0n) is 18.3. The van der Waals surface area contributed by atoms with Gasteiger partial charge in [0.2, 0.25) is 5.78 Å². The second-order valence-corrected chi connectivity index (χ2v) is 11.0. The standard InChI is InChI=1S/C24H36O5/c1-14-11-20-18-6-5-16-12-17(26)7-9-22(16,3)19(18)8-10-23(20,4)24(14,28)21(27)13-29-15(2)25/h14,16,18-20,28H,5-13H2,1-4H3/t14-,16-,18+,19-,20-,22-,23-,24-/m0/s1. The first-order valence-corrected chi connectivity index (χ1v) is 11.4. The molecule has 0 spiro atoms. The molecule has 8 atom stereocenters. The largest absolute Gasteiger partial charge is 0.458 e. The number of hydrogen-bond donors (Lipinski definition) is 1. The Labute approximate surface area is 174 Å². The Balaban J connectivity index is 1.62. The molecule has 0 unspecified atom stereocenters. The van der Waals surface area contributed by atoms with Crippen LogP contribution in [-0.2, 0) is 19.1 Å². The van der Waals surface area contributed by atoms with Gasteiger partial charge in [0, 0.05) is 25.2 Å². The maximum absolute atomic E-state index is 13.1. The first-order valence-electron chi connectivity index (χ1n) is 11.4. The highest BCUT2D eigenvalue weighted by atomic mass is 16.5. The van der Waals surface area contributed by atoms with Crippen molar-refractivity contribution >= 4 is 17.5 Å². The summed E-state index contributed by atoms with van der Waals surface area (Å²) in [6.07, 6.45) is 7.30. The Hall–Kier alpha value is -1.23. The van der Waals surface area contributed by atoms with E-state index in [-0.39, 0.29) is 23.7 Å². The summed E-state index contributed by atoms with van der Waals surface area (Å²) in [5.41, 5.74) is -1.69. The third-order valence-corrected chi connectivity index (χ3v) is 9.89. The molecule has 0 saturated heterocycles. The van der Waals surface area contributed by atoms with E-state index in [1.54, 1.807) is 0 Å². The first-order chi connectivity index (χ1) is 13.5. The van der Waals surface area contributed by atoms with Crippen molar-refractivity contribution < 1.29 is 24.2 Å². The lowest BCUT2D eigenvalue weighted by molar-refractivity contribution is -0.179. The summed E-state index contributed by atoms with van der Waals surface area (Å²) in [7, 11) is 0. The van der Waals surface area contributed by atoms with Crippen molar-refractivity contribution in [3.8, 4) is 0 Å². The van der Waals surface area contributed by atoms with Gasteiger partial charge < -0.3 is 9.84 Å². The molecule has 0 radical (unpaired) electrons. The lowest BCUT2D eigenvalue weighted by atomic mass is 9.44. The Kier molecular flexibility index (Phi) is 5.00. The van der Waals surface area contributed by atoms with Gasteiger partial charge in [-0.1, -0.05) is 20.8 Å². The van der Waals surface area contributed by atoms with Gasteiger partial charge in [0.25, 0.3) is 0 Å². The van der Waals surface area contributed by atoms with Crippen LogP contribution in [0.4, 0.5) is 0 Å². The molecule has 0 aromatic heterocycles. The number of carbonyl (C=O) groups is 3. The van der Waals surface area contributed by atoms with Crippen LogP contribution in [0.15, 0.2) is 0 Å². The minimum Gasteiger partial charge on any atom is -0.458 e. The molecule has 4 rings (SSSR count). The van der Waals surface area contributed by atoms with E-state index in [1.807, 2.05) is 6.92 Å². The van der Waals surface area contributed by atoms with Crippen molar-refractivity contribution in [1.29, 1.82) is 0 Å². The van der Waals surface area contributed by atoms with Crippen LogP contribution >= 0.6 is 0 Å². The average Bonchev–Trinajstić information content (AvgIpc) is 2.88. The fourth-order valence-corrected chi connectivity index (χ4v) is 8.26. The maximum atomic E-state index is 13.1. The van der Waals surface area contributed by atoms with Crippen molar-refractivity contribution in [3.63, 3.8) is 0 Å². The van der Waals surface area contributed by atoms with Crippen LogP contribution in [0, 0.1) is 40.4 Å². The first kappa shape index (κ1) is 21.0. The number of hydrogen-bond acceptors (Lipinski definition) is 5. The highest BCUT2D eigenvalue weighted by Crippen LogP contribution is 2.69. The number of ketones is 2. The third-order valence-electron chi connectivity index (χ3n) is 9.89. The van der Waals surface area contributed by atoms with Gasteiger partial charge in [-0.15, -0.1) is 0 Å². The van der Waals surface area contributed by atoms with Crippen LogP contribution < -0.4 is 0 Å². The summed E-state index contributed by atoms with van der Waals surface area (Å²) < 4.78 is 4.98. The number of fused-ring (bicyclic) bond motifs is 5. The Morgan fingerprint density at radius 1 is 1.14 bits per heavy atom. The SMILES string of the molecule is CC(=O)OCC(=O)[C@@]1(O)[C@@H](C)C[C@H]2[C@@H]3CC[C@H]4CC(=O)CC[C@]4(C)[C@H]3CC[C@@]21C. The molecule has 162 valence electrons. The van der Waals surface area contributed by atoms with E-state index >= 15 is 0 Å². The molecule has 4 saturated carbocycles. The molecular weight excluding hydrogens is 368 g/mol. The second-order valence-electron chi connectivity index (χ2n) is 11.0. The van der Waals surface area contributed by atoms with E-state index in [0.29, 0.717) is 35.9 Å². The van der Waals surface area contributed by atoms with Crippen molar-refractivity contribution in [2.24, 2.45) is 40.4 Å². The van der Waals surface area contributed by atoms with E-state index in [1.165, 1.54) is 6.92 Å². The normalized spacial score (nSPS) is 49.0. The van der Waals surface area contributed by atoms with Crippen LogP contribution in [0.2, 0.25) is 0 Å². The van der Waals surface area contributed by atoms with E-state index in [4.69, 9.17) is 4.74 Å². The molecule has 1 N–H and O–H groups in total. The number of Topliss-reactive ketones (excluding diaryl/α,β-unsaturated/α-hetero) is 2. The van der Waals surface area contributed by atoms with Gasteiger partial charge in [0.05, 0.1) is 0 Å². The smallest absolute Gasteiger partial charge is 0.303 e. The predicted octanol–water partition coefficient (Wildman–Crippen LogP) is 3.71. The lowest BCUT2D eigenvalue weighted by Gasteiger charge is -2.60. The van der Waals surface area contributed by atoms with Crippen LogP contribution in [0.1, 0.15) is 79.1 Å². The van der Waals surface area contributed by atoms with Gasteiger partial charge in [0.1, 0.15) is 11.4 Å². The topological polar surface area (TPSA) is 80.7 Å². The summed E-state index contributed by atoms with van der Waals surface area (Å²) in [6, 6.07) is 0. The van der Waals surface area contributed by atoms with E-state index in [2.05, 4.69) is 13.8 Å². The molecule has 5 heteroatoms. The number of carbonyl (C=O) groups excluding carboxylic acids is 3. The summed E-state index contributed by atoms with van der Waals surface area (Å²) in [5.74, 6) is 1.33. The number of ether oxygens (including phenoxy) is 1. The van der Waals surface area contributed by atoms with Crippen LogP contribution in [0.25, 0.3) is 0 Å². The summed E-state index contributed by atoms with van der Waals surface area (Å²) in [4.78, 5) is 36.3. The quantitative estimate of drug-likeness (QED) is 0.725. The molecule has 0 aliphatic heterocycles. The number of aliphatic hydroxyl groups is 1. The zero-order chi connectivity index (χ0) is 21.2. The van der Waals surface area contributed by atoms with E-state index < -0.39 is 17.0 Å². The van der Waals surface area contributed by atoms with Crippen molar-refractivity contribution in [2.45, 2.75) is 84.7 Å². The van der Waals surface area contributed by atoms with Crippen LogP contribution in [0.5, 0.6) is 0 Å². The predicted molar refractivity (Wildman–Crippen MR) is 108 cm³/mol. The highest BCUT2D eigenvalue weighted by Gasteiger charge is 2.69. The summed E-state index contributed by atoms with van der Waals surface area (Å²) in [5, 5.41) is 11.7. The maximum Gasteiger partial charge on any atom is 0.303 e. The minimum atomic E-state index is -1.43. The van der Waals surface area contributed by atoms with Crippen molar-refractivity contribution in [2.75, 3.05) is 6.61 Å². The fraction of sp³-hybridized carbons (Fsp3) is 0.875. The average molecular weight is 405 g/mol.